The van der Waals surface area contributed by atoms with Crippen LogP contribution < -0.4 is 0 Å². The van der Waals surface area contributed by atoms with Gasteiger partial charge in [0.2, 0.25) is 0 Å². The maximum Gasteiger partial charge on any atom is 0.159 e. The topological polar surface area (TPSA) is 34.5 Å². The van der Waals surface area contributed by atoms with E-state index in [4.69, 9.17) is 4.74 Å². The standard InChI is InChI=1S/C24H28N2O2/c1-18-23(17-20-7-9-21(10-8-20)19(2)27)22-5-3-4-6-24(22)26(18)12-11-25-13-15-28-16-14-25/h3-10H,11-17H2,1-2H3. The Balaban J connectivity index is 1.61. The second kappa shape index (κ2) is 8.29. The molecule has 2 heterocycles. The zero-order valence-electron chi connectivity index (χ0n) is 16.8. The fraction of sp³-hybridized carbons (Fsp3) is 0.375. The molecule has 0 saturated carbocycles. The van der Waals surface area contributed by atoms with Crippen LogP contribution in [0, 0.1) is 6.92 Å². The van der Waals surface area contributed by atoms with Gasteiger partial charge in [-0.2, -0.15) is 0 Å². The molecule has 4 nitrogen and oxygen atoms in total. The van der Waals surface area contributed by atoms with Gasteiger partial charge in [-0.15, -0.1) is 0 Å². The van der Waals surface area contributed by atoms with E-state index in [-0.39, 0.29) is 5.78 Å². The number of rotatable bonds is 6. The molecule has 0 unspecified atom stereocenters. The quantitative estimate of drug-likeness (QED) is 0.608. The number of morpholine rings is 1. The van der Waals surface area contributed by atoms with Gasteiger partial charge in [-0.1, -0.05) is 42.5 Å². The Bertz CT molecular complexity index is 966. The van der Waals surface area contributed by atoms with Crippen molar-refractivity contribution in [1.29, 1.82) is 0 Å². The Labute approximate surface area is 166 Å². The van der Waals surface area contributed by atoms with Gasteiger partial charge in [0, 0.05) is 48.3 Å². The fourth-order valence-electron chi connectivity index (χ4n) is 4.14. The van der Waals surface area contributed by atoms with Gasteiger partial charge >= 0.3 is 0 Å². The molecule has 1 aromatic heterocycles. The summed E-state index contributed by atoms with van der Waals surface area (Å²) in [6, 6.07) is 16.7. The van der Waals surface area contributed by atoms with Gasteiger partial charge in [-0.05, 0) is 37.5 Å². The molecule has 0 aliphatic carbocycles. The average molecular weight is 377 g/mol. The molecule has 0 spiro atoms. The summed E-state index contributed by atoms with van der Waals surface area (Å²) in [4.78, 5) is 14.0. The minimum Gasteiger partial charge on any atom is -0.379 e. The van der Waals surface area contributed by atoms with Crippen molar-refractivity contribution in [3.63, 3.8) is 0 Å². The van der Waals surface area contributed by atoms with Gasteiger partial charge in [-0.25, -0.2) is 0 Å². The number of nitrogens with zero attached hydrogens (tertiary/aromatic N) is 2. The number of Topliss-reactive ketones (excluding diaryl/α,β-unsaturated/α-hetero) is 1. The van der Waals surface area contributed by atoms with Crippen LogP contribution in [0.2, 0.25) is 0 Å². The molecular formula is C24H28N2O2. The molecule has 28 heavy (non-hydrogen) atoms. The SMILES string of the molecule is CC(=O)c1ccc(Cc2c(C)n(CCN3CCOCC3)c3ccccc23)cc1. The van der Waals surface area contributed by atoms with E-state index in [1.807, 2.05) is 12.1 Å². The van der Waals surface area contributed by atoms with Crippen LogP contribution >= 0.6 is 0 Å². The maximum absolute atomic E-state index is 11.5. The molecule has 0 radical (unpaired) electrons. The van der Waals surface area contributed by atoms with Crippen molar-refractivity contribution in [2.75, 3.05) is 32.8 Å². The fourth-order valence-corrected chi connectivity index (χ4v) is 4.14. The van der Waals surface area contributed by atoms with Crippen LogP contribution in [0.5, 0.6) is 0 Å². The van der Waals surface area contributed by atoms with Crippen molar-refractivity contribution >= 4 is 16.7 Å². The average Bonchev–Trinajstić information content (AvgIpc) is 2.99. The molecule has 1 fully saturated rings. The lowest BCUT2D eigenvalue weighted by atomic mass is 10.0. The van der Waals surface area contributed by atoms with Crippen LogP contribution in [-0.4, -0.2) is 48.1 Å². The number of fused-ring (bicyclic) bond motifs is 1. The summed E-state index contributed by atoms with van der Waals surface area (Å²) in [6.45, 7) is 9.62. The van der Waals surface area contributed by atoms with Crippen molar-refractivity contribution in [2.24, 2.45) is 0 Å². The molecule has 0 amide bonds. The molecule has 0 atom stereocenters. The molecule has 1 aliphatic heterocycles. The predicted molar refractivity (Wildman–Crippen MR) is 113 cm³/mol. The highest BCUT2D eigenvalue weighted by Crippen LogP contribution is 2.28. The largest absolute Gasteiger partial charge is 0.379 e. The predicted octanol–water partition coefficient (Wildman–Crippen LogP) is 4.08. The lowest BCUT2D eigenvalue weighted by Crippen LogP contribution is -2.38. The number of carbonyl (C=O) groups excluding carboxylic acids is 1. The first-order valence-electron chi connectivity index (χ1n) is 10.1. The number of para-hydroxylation sites is 1. The third-order valence-corrected chi connectivity index (χ3v) is 5.85. The normalized spacial score (nSPS) is 15.2. The second-order valence-corrected chi connectivity index (χ2v) is 7.62. The van der Waals surface area contributed by atoms with Gasteiger partial charge in [0.1, 0.15) is 0 Å². The van der Waals surface area contributed by atoms with Gasteiger partial charge in [0.25, 0.3) is 0 Å². The number of carbonyl (C=O) groups is 1. The zero-order chi connectivity index (χ0) is 19.5. The number of hydrogen-bond donors (Lipinski definition) is 0. The Morgan fingerprint density at radius 3 is 2.43 bits per heavy atom. The van der Waals surface area contributed by atoms with Crippen molar-refractivity contribution in [3.8, 4) is 0 Å². The molecule has 0 bridgehead atoms. The molecule has 4 heteroatoms. The van der Waals surface area contributed by atoms with E-state index < -0.39 is 0 Å². The van der Waals surface area contributed by atoms with Crippen LogP contribution in [0.4, 0.5) is 0 Å². The van der Waals surface area contributed by atoms with Crippen LogP contribution in [0.15, 0.2) is 48.5 Å². The molecule has 3 aromatic rings. The summed E-state index contributed by atoms with van der Waals surface area (Å²) >= 11 is 0. The van der Waals surface area contributed by atoms with E-state index in [1.54, 1.807) is 6.92 Å². The van der Waals surface area contributed by atoms with E-state index in [2.05, 4.69) is 52.8 Å². The van der Waals surface area contributed by atoms with Crippen molar-refractivity contribution in [2.45, 2.75) is 26.8 Å². The lowest BCUT2D eigenvalue weighted by Gasteiger charge is -2.27. The number of benzene rings is 2. The van der Waals surface area contributed by atoms with Crippen molar-refractivity contribution < 1.29 is 9.53 Å². The van der Waals surface area contributed by atoms with Gasteiger partial charge in [0.05, 0.1) is 13.2 Å². The first kappa shape index (κ1) is 18.9. The minimum absolute atomic E-state index is 0.113. The van der Waals surface area contributed by atoms with E-state index in [0.717, 1.165) is 51.4 Å². The van der Waals surface area contributed by atoms with Gasteiger partial charge in [0.15, 0.2) is 5.78 Å². The third-order valence-electron chi connectivity index (χ3n) is 5.85. The van der Waals surface area contributed by atoms with Gasteiger partial charge in [-0.3, -0.25) is 9.69 Å². The van der Waals surface area contributed by atoms with Crippen molar-refractivity contribution in [3.05, 3.63) is 70.9 Å². The summed E-state index contributed by atoms with van der Waals surface area (Å²) in [6.07, 6.45) is 0.884. The molecular weight excluding hydrogens is 348 g/mol. The molecule has 146 valence electrons. The van der Waals surface area contributed by atoms with Crippen LogP contribution in [0.1, 0.15) is 34.1 Å². The molecule has 4 rings (SSSR count). The monoisotopic (exact) mass is 376 g/mol. The molecule has 1 aliphatic rings. The molecule has 0 N–H and O–H groups in total. The number of ketones is 1. The number of hydrogen-bond acceptors (Lipinski definition) is 3. The Morgan fingerprint density at radius 2 is 1.71 bits per heavy atom. The third kappa shape index (κ3) is 3.89. The molecule has 1 saturated heterocycles. The minimum atomic E-state index is 0.113. The van der Waals surface area contributed by atoms with E-state index >= 15 is 0 Å². The van der Waals surface area contributed by atoms with Crippen LogP contribution in [-0.2, 0) is 17.7 Å². The van der Waals surface area contributed by atoms with Crippen LogP contribution in [0.3, 0.4) is 0 Å². The summed E-state index contributed by atoms with van der Waals surface area (Å²) in [5.74, 6) is 0.113. The summed E-state index contributed by atoms with van der Waals surface area (Å²) in [5.41, 5.74) is 6.04. The van der Waals surface area contributed by atoms with Gasteiger partial charge < -0.3 is 9.30 Å². The van der Waals surface area contributed by atoms with Crippen molar-refractivity contribution in [1.82, 2.24) is 9.47 Å². The van der Waals surface area contributed by atoms with E-state index in [9.17, 15) is 4.79 Å². The molecule has 2 aromatic carbocycles. The lowest BCUT2D eigenvalue weighted by molar-refractivity contribution is 0.0365. The second-order valence-electron chi connectivity index (χ2n) is 7.62. The highest BCUT2D eigenvalue weighted by atomic mass is 16.5. The Morgan fingerprint density at radius 1 is 1.00 bits per heavy atom. The summed E-state index contributed by atoms with van der Waals surface area (Å²) in [5, 5.41) is 1.33. The summed E-state index contributed by atoms with van der Waals surface area (Å²) < 4.78 is 7.93. The van der Waals surface area contributed by atoms with E-state index in [1.165, 1.54) is 27.7 Å². The highest BCUT2D eigenvalue weighted by molar-refractivity contribution is 5.94. The number of ether oxygens (including phenoxy) is 1. The summed E-state index contributed by atoms with van der Waals surface area (Å²) in [7, 11) is 0. The Kier molecular flexibility index (Phi) is 5.60. The smallest absolute Gasteiger partial charge is 0.159 e. The highest BCUT2D eigenvalue weighted by Gasteiger charge is 2.16. The first-order valence-corrected chi connectivity index (χ1v) is 10.1. The van der Waals surface area contributed by atoms with E-state index in [0.29, 0.717) is 0 Å². The maximum atomic E-state index is 11.5. The zero-order valence-corrected chi connectivity index (χ0v) is 16.8. The first-order chi connectivity index (χ1) is 13.6. The Hall–Kier alpha value is -2.43. The number of aromatic nitrogens is 1. The van der Waals surface area contributed by atoms with Crippen LogP contribution in [0.25, 0.3) is 10.9 Å².